The van der Waals surface area contributed by atoms with E-state index in [1.54, 1.807) is 5.92 Å². The maximum Gasteiger partial charge on any atom is -0.0267 e. The second-order valence-electron chi connectivity index (χ2n) is 9.75. The van der Waals surface area contributed by atoms with E-state index < -0.39 is 0 Å². The number of hydrogen-bond acceptors (Lipinski definition) is 0. The first-order valence-corrected chi connectivity index (χ1v) is 11.8. The molecular formula is C25H51. The minimum Gasteiger partial charge on any atom is -0.0654 e. The smallest absolute Gasteiger partial charge is 0.0267 e. The van der Waals surface area contributed by atoms with Crippen molar-refractivity contribution >= 4 is 0 Å². The summed E-state index contributed by atoms with van der Waals surface area (Å²) in [6.07, 6.45) is 26.0. The molecule has 0 saturated heterocycles. The highest BCUT2D eigenvalue weighted by molar-refractivity contribution is 4.88. The third-order valence-electron chi connectivity index (χ3n) is 5.29. The molecule has 0 aliphatic heterocycles. The molecule has 25 heavy (non-hydrogen) atoms. The molecule has 0 aliphatic rings. The fourth-order valence-electron chi connectivity index (χ4n) is 3.97. The van der Waals surface area contributed by atoms with Crippen molar-refractivity contribution in [1.29, 1.82) is 0 Å². The molecule has 0 spiro atoms. The summed E-state index contributed by atoms with van der Waals surface area (Å²) in [6, 6.07) is 0. The second-order valence-corrected chi connectivity index (χ2v) is 9.75. The Morgan fingerprint density at radius 2 is 0.840 bits per heavy atom. The van der Waals surface area contributed by atoms with Crippen LogP contribution in [-0.4, -0.2) is 0 Å². The predicted molar refractivity (Wildman–Crippen MR) is 117 cm³/mol. The quantitative estimate of drug-likeness (QED) is 0.215. The lowest BCUT2D eigenvalue weighted by Gasteiger charge is -2.22. The molecule has 0 N–H and O–H groups in total. The van der Waals surface area contributed by atoms with Gasteiger partial charge in [-0.25, -0.2) is 0 Å². The van der Waals surface area contributed by atoms with Crippen LogP contribution in [0.2, 0.25) is 0 Å². The van der Waals surface area contributed by atoms with E-state index in [1.807, 2.05) is 0 Å². The Bertz CT molecular complexity index is 247. The van der Waals surface area contributed by atoms with Crippen LogP contribution in [0.5, 0.6) is 0 Å². The third-order valence-corrected chi connectivity index (χ3v) is 5.29. The van der Waals surface area contributed by atoms with Crippen molar-refractivity contribution in [1.82, 2.24) is 0 Å². The summed E-state index contributed by atoms with van der Waals surface area (Å²) >= 11 is 0. The van der Waals surface area contributed by atoms with Gasteiger partial charge >= 0.3 is 0 Å². The van der Waals surface area contributed by atoms with E-state index in [0.717, 1.165) is 0 Å². The number of hydrogen-bond donors (Lipinski definition) is 0. The number of rotatable bonds is 18. The van der Waals surface area contributed by atoms with E-state index in [-0.39, 0.29) is 0 Å². The van der Waals surface area contributed by atoms with Crippen molar-refractivity contribution in [3.05, 3.63) is 5.92 Å². The minimum atomic E-state index is 0.471. The normalized spacial score (nSPS) is 12.2. The second kappa shape index (κ2) is 17.4. The molecule has 0 saturated carbocycles. The van der Waals surface area contributed by atoms with E-state index in [9.17, 15) is 0 Å². The van der Waals surface area contributed by atoms with Gasteiger partial charge in [-0.2, -0.15) is 0 Å². The SMILES string of the molecule is CCCCCCCCCCCCCCCCCC[C](C)CC(C)(C)C. The molecule has 151 valence electrons. The molecule has 0 aromatic carbocycles. The largest absolute Gasteiger partial charge is 0.0654 e. The molecule has 0 fully saturated rings. The fourth-order valence-corrected chi connectivity index (χ4v) is 3.97. The Balaban J connectivity index is 3.12. The van der Waals surface area contributed by atoms with Crippen molar-refractivity contribution in [3.63, 3.8) is 0 Å². The molecule has 0 atom stereocenters. The van der Waals surface area contributed by atoms with Crippen LogP contribution < -0.4 is 0 Å². The van der Waals surface area contributed by atoms with Gasteiger partial charge in [0.15, 0.2) is 0 Å². The summed E-state index contributed by atoms with van der Waals surface area (Å²) in [5.74, 6) is 1.71. The molecule has 1 radical (unpaired) electrons. The lowest BCUT2D eigenvalue weighted by Crippen LogP contribution is -2.09. The van der Waals surface area contributed by atoms with Crippen LogP contribution in [0.3, 0.4) is 0 Å². The Labute approximate surface area is 161 Å². The van der Waals surface area contributed by atoms with Crippen molar-refractivity contribution in [2.75, 3.05) is 0 Å². The molecule has 0 heteroatoms. The molecule has 0 rings (SSSR count). The lowest BCUT2D eigenvalue weighted by molar-refractivity contribution is 0.376. The highest BCUT2D eigenvalue weighted by atomic mass is 14.2. The van der Waals surface area contributed by atoms with Crippen LogP contribution in [0.1, 0.15) is 150 Å². The van der Waals surface area contributed by atoms with Crippen LogP contribution in [0.25, 0.3) is 0 Å². The first-order chi connectivity index (χ1) is 12.0. The van der Waals surface area contributed by atoms with Gasteiger partial charge in [0.05, 0.1) is 0 Å². The van der Waals surface area contributed by atoms with Crippen LogP contribution in [-0.2, 0) is 0 Å². The average molecular weight is 352 g/mol. The highest BCUT2D eigenvalue weighted by Gasteiger charge is 2.14. The Kier molecular flexibility index (Phi) is 17.4. The highest BCUT2D eigenvalue weighted by Crippen LogP contribution is 2.28. The molecular weight excluding hydrogens is 300 g/mol. The molecule has 0 heterocycles. The topological polar surface area (TPSA) is 0 Å². The van der Waals surface area contributed by atoms with Crippen molar-refractivity contribution in [2.45, 2.75) is 150 Å². The molecule has 0 aliphatic carbocycles. The summed E-state index contributed by atoms with van der Waals surface area (Å²) < 4.78 is 0. The van der Waals surface area contributed by atoms with Gasteiger partial charge in [-0.05, 0) is 24.2 Å². The zero-order chi connectivity index (χ0) is 18.8. The molecule has 0 amide bonds. The van der Waals surface area contributed by atoms with Gasteiger partial charge in [0, 0.05) is 0 Å². The molecule has 0 aromatic heterocycles. The summed E-state index contributed by atoms with van der Waals surface area (Å²) in [4.78, 5) is 0. The Morgan fingerprint density at radius 1 is 0.520 bits per heavy atom. The molecule has 0 nitrogen and oxygen atoms in total. The van der Waals surface area contributed by atoms with Gasteiger partial charge in [-0.3, -0.25) is 0 Å². The van der Waals surface area contributed by atoms with Gasteiger partial charge < -0.3 is 0 Å². The van der Waals surface area contributed by atoms with Crippen LogP contribution >= 0.6 is 0 Å². The first-order valence-electron chi connectivity index (χ1n) is 11.8. The van der Waals surface area contributed by atoms with Gasteiger partial charge in [0.1, 0.15) is 0 Å². The van der Waals surface area contributed by atoms with Gasteiger partial charge in [-0.1, -0.05) is 137 Å². The van der Waals surface area contributed by atoms with E-state index in [1.165, 1.54) is 116 Å². The standard InChI is InChI=1S/C25H51/c1-6-7-8-9-10-11-12-13-14-15-16-17-18-19-20-21-22-24(2)23-25(3,4)5/h6-23H2,1-5H3. The maximum absolute atomic E-state index is 2.36. The van der Waals surface area contributed by atoms with Gasteiger partial charge in [0.25, 0.3) is 0 Å². The zero-order valence-electron chi connectivity index (χ0n) is 18.7. The monoisotopic (exact) mass is 351 g/mol. The van der Waals surface area contributed by atoms with Crippen molar-refractivity contribution in [2.24, 2.45) is 5.41 Å². The van der Waals surface area contributed by atoms with Crippen molar-refractivity contribution < 1.29 is 0 Å². The zero-order valence-corrected chi connectivity index (χ0v) is 18.7. The van der Waals surface area contributed by atoms with Gasteiger partial charge in [0.2, 0.25) is 0 Å². The predicted octanol–water partition coefficient (Wildman–Crippen LogP) is 9.67. The average Bonchev–Trinajstić information content (AvgIpc) is 2.53. The van der Waals surface area contributed by atoms with E-state index in [4.69, 9.17) is 0 Å². The van der Waals surface area contributed by atoms with Crippen LogP contribution in [0, 0.1) is 11.3 Å². The van der Waals surface area contributed by atoms with Gasteiger partial charge in [-0.15, -0.1) is 0 Å². The minimum absolute atomic E-state index is 0.471. The first kappa shape index (κ1) is 25.0. The number of unbranched alkanes of at least 4 members (excludes halogenated alkanes) is 15. The van der Waals surface area contributed by atoms with Crippen molar-refractivity contribution in [3.8, 4) is 0 Å². The molecule has 0 bridgehead atoms. The van der Waals surface area contributed by atoms with E-state index >= 15 is 0 Å². The third kappa shape index (κ3) is 22.0. The summed E-state index contributed by atoms with van der Waals surface area (Å²) in [5, 5.41) is 0. The van der Waals surface area contributed by atoms with E-state index in [2.05, 4.69) is 34.6 Å². The van der Waals surface area contributed by atoms with Crippen LogP contribution in [0.4, 0.5) is 0 Å². The summed E-state index contributed by atoms with van der Waals surface area (Å²) in [6.45, 7) is 11.7. The Morgan fingerprint density at radius 3 is 1.16 bits per heavy atom. The maximum atomic E-state index is 2.36. The fraction of sp³-hybridized carbons (Fsp3) is 0.960. The van der Waals surface area contributed by atoms with Crippen LogP contribution in [0.15, 0.2) is 0 Å². The summed E-state index contributed by atoms with van der Waals surface area (Å²) in [7, 11) is 0. The molecule has 0 unspecified atom stereocenters. The Hall–Kier alpha value is 0. The van der Waals surface area contributed by atoms with E-state index in [0.29, 0.717) is 5.41 Å². The molecule has 0 aromatic rings. The summed E-state index contributed by atoms with van der Waals surface area (Å²) in [5.41, 5.74) is 0.471. The lowest BCUT2D eigenvalue weighted by atomic mass is 9.83.